The van der Waals surface area contributed by atoms with Crippen molar-refractivity contribution in [3.63, 3.8) is 0 Å². The molecular weight excluding hydrogens is 294 g/mol. The SMILES string of the molecule is N=C(NO)c1ccc(CCc2cccc3c2C(=O)NC3=O)cc1. The highest BCUT2D eigenvalue weighted by molar-refractivity contribution is 6.22. The number of carbonyl (C=O) groups excluding carboxylic acids is 2. The van der Waals surface area contributed by atoms with Crippen LogP contribution in [0.5, 0.6) is 0 Å². The van der Waals surface area contributed by atoms with Gasteiger partial charge in [-0.1, -0.05) is 36.4 Å². The van der Waals surface area contributed by atoms with Crippen LogP contribution in [0.2, 0.25) is 0 Å². The van der Waals surface area contributed by atoms with Crippen molar-refractivity contribution in [2.45, 2.75) is 12.8 Å². The molecular formula is C17H15N3O3. The van der Waals surface area contributed by atoms with Crippen molar-refractivity contribution in [3.8, 4) is 0 Å². The minimum absolute atomic E-state index is 0.0624. The molecule has 0 unspecified atom stereocenters. The quantitative estimate of drug-likeness (QED) is 0.298. The van der Waals surface area contributed by atoms with Gasteiger partial charge in [-0.15, -0.1) is 0 Å². The van der Waals surface area contributed by atoms with Gasteiger partial charge in [-0.05, 0) is 30.0 Å². The van der Waals surface area contributed by atoms with Crippen LogP contribution in [0.1, 0.15) is 37.4 Å². The molecule has 1 aliphatic rings. The molecule has 0 atom stereocenters. The molecule has 0 saturated carbocycles. The number of amides is 2. The van der Waals surface area contributed by atoms with Crippen LogP contribution in [0.15, 0.2) is 42.5 Å². The summed E-state index contributed by atoms with van der Waals surface area (Å²) in [6.07, 6.45) is 1.34. The van der Waals surface area contributed by atoms with E-state index >= 15 is 0 Å². The molecule has 4 N–H and O–H groups in total. The maximum atomic E-state index is 11.9. The largest absolute Gasteiger partial charge is 0.290 e. The van der Waals surface area contributed by atoms with Crippen LogP contribution in [0.25, 0.3) is 0 Å². The van der Waals surface area contributed by atoms with Crippen molar-refractivity contribution in [2.24, 2.45) is 0 Å². The monoisotopic (exact) mass is 309 g/mol. The Labute approximate surface area is 132 Å². The van der Waals surface area contributed by atoms with Crippen LogP contribution in [0, 0.1) is 5.41 Å². The molecule has 1 aliphatic heterocycles. The highest BCUT2D eigenvalue weighted by atomic mass is 16.5. The van der Waals surface area contributed by atoms with Gasteiger partial charge in [0.2, 0.25) is 0 Å². The first-order valence-corrected chi connectivity index (χ1v) is 7.15. The van der Waals surface area contributed by atoms with Gasteiger partial charge in [0.05, 0.1) is 11.1 Å². The van der Waals surface area contributed by atoms with Gasteiger partial charge >= 0.3 is 0 Å². The van der Waals surface area contributed by atoms with Gasteiger partial charge in [-0.2, -0.15) is 0 Å². The molecule has 0 aromatic heterocycles. The topological polar surface area (TPSA) is 102 Å². The molecule has 2 amide bonds. The molecule has 2 aromatic rings. The average molecular weight is 309 g/mol. The van der Waals surface area contributed by atoms with Crippen LogP contribution in [0.4, 0.5) is 0 Å². The molecule has 116 valence electrons. The summed E-state index contributed by atoms with van der Waals surface area (Å²) in [6, 6.07) is 12.5. The minimum Gasteiger partial charge on any atom is -0.290 e. The fraction of sp³-hybridized carbons (Fsp3) is 0.118. The number of hydrogen-bond donors (Lipinski definition) is 4. The molecule has 2 aromatic carbocycles. The lowest BCUT2D eigenvalue weighted by Crippen LogP contribution is -2.20. The van der Waals surface area contributed by atoms with Gasteiger partial charge in [-0.3, -0.25) is 31.0 Å². The Morgan fingerprint density at radius 2 is 1.78 bits per heavy atom. The van der Waals surface area contributed by atoms with E-state index in [1.54, 1.807) is 29.7 Å². The third kappa shape index (κ3) is 2.84. The number of rotatable bonds is 4. The van der Waals surface area contributed by atoms with Gasteiger partial charge in [-0.25, -0.2) is 0 Å². The Kier molecular flexibility index (Phi) is 3.91. The zero-order valence-corrected chi connectivity index (χ0v) is 12.2. The van der Waals surface area contributed by atoms with Crippen LogP contribution >= 0.6 is 0 Å². The van der Waals surface area contributed by atoms with Crippen molar-refractivity contribution in [1.82, 2.24) is 10.8 Å². The van der Waals surface area contributed by atoms with E-state index in [4.69, 9.17) is 10.6 Å². The Balaban J connectivity index is 1.76. The Hall–Kier alpha value is -2.99. The van der Waals surface area contributed by atoms with E-state index in [1.807, 2.05) is 18.2 Å². The second-order valence-electron chi connectivity index (χ2n) is 5.31. The van der Waals surface area contributed by atoms with E-state index in [9.17, 15) is 9.59 Å². The first-order chi connectivity index (χ1) is 11.1. The third-order valence-corrected chi connectivity index (χ3v) is 3.89. The molecule has 0 bridgehead atoms. The number of nitrogens with one attached hydrogen (secondary N) is 3. The highest BCUT2D eigenvalue weighted by Crippen LogP contribution is 2.21. The van der Waals surface area contributed by atoms with Crippen molar-refractivity contribution < 1.29 is 14.8 Å². The standard InChI is InChI=1S/C17H15N3O3/c18-15(20-23)12-8-5-10(6-9-12)4-7-11-2-1-3-13-14(11)17(22)19-16(13)21/h1-3,5-6,8-9,23H,4,7H2,(H2,18,20)(H,19,21,22). The van der Waals surface area contributed by atoms with E-state index in [0.29, 0.717) is 29.5 Å². The predicted octanol–water partition coefficient (Wildman–Crippen LogP) is 1.66. The van der Waals surface area contributed by atoms with E-state index in [2.05, 4.69) is 5.32 Å². The zero-order chi connectivity index (χ0) is 16.4. The number of aryl methyl sites for hydroxylation is 2. The van der Waals surface area contributed by atoms with Gasteiger partial charge in [0.1, 0.15) is 5.84 Å². The number of hydroxylamine groups is 1. The zero-order valence-electron chi connectivity index (χ0n) is 12.2. The van der Waals surface area contributed by atoms with E-state index < -0.39 is 0 Å². The van der Waals surface area contributed by atoms with E-state index in [-0.39, 0.29) is 17.6 Å². The molecule has 6 heteroatoms. The van der Waals surface area contributed by atoms with Gasteiger partial charge < -0.3 is 0 Å². The van der Waals surface area contributed by atoms with Crippen molar-refractivity contribution >= 4 is 17.6 Å². The normalized spacial score (nSPS) is 12.7. The lowest BCUT2D eigenvalue weighted by atomic mass is 9.96. The predicted molar refractivity (Wildman–Crippen MR) is 83.8 cm³/mol. The van der Waals surface area contributed by atoms with Gasteiger partial charge in [0.15, 0.2) is 0 Å². The fourth-order valence-electron chi connectivity index (χ4n) is 2.68. The summed E-state index contributed by atoms with van der Waals surface area (Å²) in [7, 11) is 0. The summed E-state index contributed by atoms with van der Waals surface area (Å²) >= 11 is 0. The fourth-order valence-corrected chi connectivity index (χ4v) is 2.68. The van der Waals surface area contributed by atoms with Gasteiger partial charge in [0, 0.05) is 5.56 Å². The molecule has 0 aliphatic carbocycles. The number of benzene rings is 2. The van der Waals surface area contributed by atoms with Crippen LogP contribution in [-0.4, -0.2) is 22.9 Å². The maximum Gasteiger partial charge on any atom is 0.259 e. The first-order valence-electron chi connectivity index (χ1n) is 7.15. The molecule has 0 radical (unpaired) electrons. The Bertz CT molecular complexity index is 797. The number of amidine groups is 1. The van der Waals surface area contributed by atoms with Crippen LogP contribution < -0.4 is 10.8 Å². The lowest BCUT2D eigenvalue weighted by molar-refractivity contribution is 0.0879. The second-order valence-corrected chi connectivity index (χ2v) is 5.31. The van der Waals surface area contributed by atoms with Crippen molar-refractivity contribution in [2.75, 3.05) is 0 Å². The average Bonchev–Trinajstić information content (AvgIpc) is 2.88. The second kappa shape index (κ2) is 6.02. The molecule has 0 fully saturated rings. The summed E-state index contributed by atoms with van der Waals surface area (Å²) in [5, 5.41) is 18.5. The first kappa shape index (κ1) is 14.9. The van der Waals surface area contributed by atoms with Crippen molar-refractivity contribution in [3.05, 3.63) is 70.3 Å². The van der Waals surface area contributed by atoms with Gasteiger partial charge in [0.25, 0.3) is 11.8 Å². The van der Waals surface area contributed by atoms with Crippen LogP contribution in [0.3, 0.4) is 0 Å². The summed E-state index contributed by atoms with van der Waals surface area (Å²) in [6.45, 7) is 0. The highest BCUT2D eigenvalue weighted by Gasteiger charge is 2.28. The molecule has 0 spiro atoms. The van der Waals surface area contributed by atoms with Crippen LogP contribution in [-0.2, 0) is 12.8 Å². The number of fused-ring (bicyclic) bond motifs is 1. The summed E-state index contributed by atoms with van der Waals surface area (Å²) in [4.78, 5) is 23.5. The molecule has 3 rings (SSSR count). The molecule has 1 heterocycles. The number of hydrogen-bond acceptors (Lipinski definition) is 4. The lowest BCUT2D eigenvalue weighted by Gasteiger charge is -2.07. The molecule has 0 saturated heterocycles. The maximum absolute atomic E-state index is 11.9. The third-order valence-electron chi connectivity index (χ3n) is 3.89. The van der Waals surface area contributed by atoms with E-state index in [1.165, 1.54) is 0 Å². The van der Waals surface area contributed by atoms with Crippen molar-refractivity contribution in [1.29, 1.82) is 5.41 Å². The molecule has 6 nitrogen and oxygen atoms in total. The van der Waals surface area contributed by atoms with E-state index in [0.717, 1.165) is 11.1 Å². The summed E-state index contributed by atoms with van der Waals surface area (Å²) in [5.41, 5.74) is 5.19. The smallest absolute Gasteiger partial charge is 0.259 e. The summed E-state index contributed by atoms with van der Waals surface area (Å²) in [5.74, 6) is -0.739. The minimum atomic E-state index is -0.341. The summed E-state index contributed by atoms with van der Waals surface area (Å²) < 4.78 is 0. The molecule has 23 heavy (non-hydrogen) atoms. The Morgan fingerprint density at radius 1 is 1.04 bits per heavy atom. The number of carbonyl (C=O) groups is 2. The Morgan fingerprint density at radius 3 is 2.48 bits per heavy atom. The number of imide groups is 1.